The number of alkyl halides is 3. The van der Waals surface area contributed by atoms with Crippen LogP contribution >= 0.6 is 0 Å². The van der Waals surface area contributed by atoms with Crippen molar-refractivity contribution in [3.8, 4) is 5.75 Å². The third kappa shape index (κ3) is 9.39. The molecule has 2 aliphatic carbocycles. The first kappa shape index (κ1) is 38.1. The molecule has 5 rings (SSSR count). The zero-order chi connectivity index (χ0) is 37.8. The highest BCUT2D eigenvalue weighted by atomic mass is 19.4. The van der Waals surface area contributed by atoms with E-state index in [4.69, 9.17) is 9.57 Å². The Kier molecular flexibility index (Phi) is 11.1. The molecule has 1 fully saturated rings. The number of ether oxygens (including phenoxy) is 2. The number of hydrogen-bond acceptors (Lipinski definition) is 9. The lowest BCUT2D eigenvalue weighted by molar-refractivity contribution is -0.274. The number of carbonyl (C=O) groups excluding carboxylic acids is 5. The molecule has 2 aromatic carbocycles. The highest BCUT2D eigenvalue weighted by molar-refractivity contribution is 6.38. The minimum atomic E-state index is -4.97. The molecule has 1 saturated carbocycles. The highest BCUT2D eigenvalue weighted by Crippen LogP contribution is 2.47. The third-order valence-electron chi connectivity index (χ3n) is 8.86. The number of benzene rings is 2. The lowest BCUT2D eigenvalue weighted by atomic mass is 9.85. The Labute approximate surface area is 298 Å². The highest BCUT2D eigenvalue weighted by Gasteiger charge is 2.53. The third-order valence-corrected chi connectivity index (χ3v) is 8.86. The Morgan fingerprint density at radius 1 is 1.04 bits per heavy atom. The van der Waals surface area contributed by atoms with E-state index in [1.54, 1.807) is 58.0 Å². The van der Waals surface area contributed by atoms with Gasteiger partial charge < -0.3 is 35.2 Å². The molecule has 0 unspecified atom stereocenters. The van der Waals surface area contributed by atoms with E-state index in [1.807, 2.05) is 0 Å². The molecular weight excluding hydrogens is 687 g/mol. The Morgan fingerprint density at radius 2 is 1.75 bits per heavy atom. The summed E-state index contributed by atoms with van der Waals surface area (Å²) >= 11 is 0. The van der Waals surface area contributed by atoms with Crippen molar-refractivity contribution >= 4 is 35.3 Å². The number of fused-ring (bicyclic) bond motifs is 5. The summed E-state index contributed by atoms with van der Waals surface area (Å²) in [7, 11) is 0. The molecule has 280 valence electrons. The van der Waals surface area contributed by atoms with Crippen LogP contribution in [0.2, 0.25) is 0 Å². The summed E-state index contributed by atoms with van der Waals surface area (Å²) in [5, 5.41) is 11.9. The Bertz CT molecular complexity index is 1720. The normalized spacial score (nSPS) is 18.6. The lowest BCUT2D eigenvalue weighted by Crippen LogP contribution is -2.59. The van der Waals surface area contributed by atoms with Crippen LogP contribution in [-0.2, 0) is 41.0 Å². The molecule has 1 heterocycles. The SMILES string of the molecule is CCC[C@H](NC(=O)CN(C[C@@]12CC(=NO1)c1ccc(OC(F)(F)F)cc12)C(=O)[C@@H](NC(=O)OCc1ccccc1)C(C)(C)C)C(=O)C(=O)NC1CC1. The number of halogens is 3. The predicted octanol–water partition coefficient (Wildman–Crippen LogP) is 4.22. The number of amides is 4. The molecule has 0 saturated heterocycles. The maximum atomic E-state index is 14.5. The fourth-order valence-electron chi connectivity index (χ4n) is 6.13. The van der Waals surface area contributed by atoms with Crippen molar-refractivity contribution in [3.63, 3.8) is 0 Å². The van der Waals surface area contributed by atoms with Gasteiger partial charge >= 0.3 is 12.5 Å². The van der Waals surface area contributed by atoms with Crippen LogP contribution in [0.5, 0.6) is 5.75 Å². The van der Waals surface area contributed by atoms with Crippen LogP contribution in [0.15, 0.2) is 53.7 Å². The van der Waals surface area contributed by atoms with E-state index in [0.29, 0.717) is 23.3 Å². The molecule has 0 spiro atoms. The summed E-state index contributed by atoms with van der Waals surface area (Å²) < 4.78 is 49.0. The summed E-state index contributed by atoms with van der Waals surface area (Å²) in [6.07, 6.45) is -3.70. The number of nitrogens with zero attached hydrogens (tertiary/aromatic N) is 2. The van der Waals surface area contributed by atoms with E-state index in [9.17, 15) is 37.1 Å². The van der Waals surface area contributed by atoms with Crippen LogP contribution in [0.25, 0.3) is 0 Å². The topological polar surface area (TPSA) is 165 Å². The van der Waals surface area contributed by atoms with Crippen molar-refractivity contribution in [2.24, 2.45) is 10.6 Å². The second kappa shape index (κ2) is 15.2. The van der Waals surface area contributed by atoms with Gasteiger partial charge in [0.25, 0.3) is 5.91 Å². The van der Waals surface area contributed by atoms with E-state index in [1.165, 1.54) is 6.07 Å². The van der Waals surface area contributed by atoms with Gasteiger partial charge in [-0.2, -0.15) is 0 Å². The summed E-state index contributed by atoms with van der Waals surface area (Å²) in [5.74, 6) is -3.69. The summed E-state index contributed by atoms with van der Waals surface area (Å²) in [6, 6.07) is 10.0. The second-order valence-corrected chi connectivity index (χ2v) is 14.3. The van der Waals surface area contributed by atoms with E-state index < -0.39 is 77.9 Å². The quantitative estimate of drug-likeness (QED) is 0.230. The van der Waals surface area contributed by atoms with Gasteiger partial charge in [-0.3, -0.25) is 19.2 Å². The van der Waals surface area contributed by atoms with Crippen molar-refractivity contribution in [1.82, 2.24) is 20.9 Å². The van der Waals surface area contributed by atoms with Gasteiger partial charge in [-0.15, -0.1) is 13.2 Å². The van der Waals surface area contributed by atoms with Crippen LogP contribution in [0.1, 0.15) is 76.5 Å². The molecule has 3 atom stereocenters. The number of rotatable bonds is 15. The first-order valence-corrected chi connectivity index (χ1v) is 17.0. The smallest absolute Gasteiger partial charge is 0.445 e. The van der Waals surface area contributed by atoms with E-state index in [0.717, 1.165) is 29.9 Å². The molecule has 13 nitrogen and oxygen atoms in total. The molecule has 16 heteroatoms. The molecule has 52 heavy (non-hydrogen) atoms. The van der Waals surface area contributed by atoms with Crippen molar-refractivity contribution in [3.05, 3.63) is 65.2 Å². The fraction of sp³-hybridized carbons (Fsp3) is 0.500. The zero-order valence-corrected chi connectivity index (χ0v) is 29.3. The lowest BCUT2D eigenvalue weighted by Gasteiger charge is -2.38. The van der Waals surface area contributed by atoms with Crippen LogP contribution < -0.4 is 20.7 Å². The number of Topliss-reactive ketones (excluding diaryl/α,β-unsaturated/α-hetero) is 1. The predicted molar refractivity (Wildman–Crippen MR) is 180 cm³/mol. The standard InChI is InChI=1S/C36H42F3N5O8/c1-5-9-26(29(46)31(47)40-22-12-13-22)41-28(45)18-44(32(48)30(34(2,3)4)42-33(49)50-19-21-10-7-6-8-11-21)20-35-17-27(43-52-35)24-15-14-23(16-25(24)35)51-36(37,38)39/h6-8,10-11,14-16,22,26,30H,5,9,12-13,17-20H2,1-4H3,(H,40,47)(H,41,45)(H,42,49)/t26-,30+,35+/m0/s1. The molecular formula is C36H42F3N5O8. The Morgan fingerprint density at radius 3 is 2.38 bits per heavy atom. The van der Waals surface area contributed by atoms with Crippen LogP contribution in [0.4, 0.5) is 18.0 Å². The second-order valence-electron chi connectivity index (χ2n) is 14.3. The monoisotopic (exact) mass is 729 g/mol. The number of nitrogens with one attached hydrogen (secondary N) is 3. The zero-order valence-electron chi connectivity index (χ0n) is 29.3. The molecule has 2 aromatic rings. The van der Waals surface area contributed by atoms with Crippen LogP contribution in [0, 0.1) is 5.41 Å². The van der Waals surface area contributed by atoms with Crippen molar-refractivity contribution in [2.45, 2.75) is 96.5 Å². The van der Waals surface area contributed by atoms with Gasteiger partial charge in [0.2, 0.25) is 17.6 Å². The molecule has 0 aromatic heterocycles. The van der Waals surface area contributed by atoms with E-state index in [-0.39, 0.29) is 31.1 Å². The van der Waals surface area contributed by atoms with E-state index >= 15 is 0 Å². The molecule has 4 amide bonds. The Hall–Kier alpha value is -5.15. The maximum Gasteiger partial charge on any atom is 0.573 e. The van der Waals surface area contributed by atoms with Crippen molar-refractivity contribution < 1.29 is 51.5 Å². The van der Waals surface area contributed by atoms with Crippen LogP contribution in [0.3, 0.4) is 0 Å². The number of hydrogen-bond donors (Lipinski definition) is 3. The Balaban J connectivity index is 1.42. The average Bonchev–Trinajstić information content (AvgIpc) is 3.71. The fourth-order valence-corrected chi connectivity index (χ4v) is 6.13. The summed E-state index contributed by atoms with van der Waals surface area (Å²) in [4.78, 5) is 73.7. The van der Waals surface area contributed by atoms with Gasteiger partial charge in [0.1, 0.15) is 18.4 Å². The minimum absolute atomic E-state index is 0.0637. The number of oxime groups is 1. The van der Waals surface area contributed by atoms with E-state index in [2.05, 4.69) is 25.8 Å². The largest absolute Gasteiger partial charge is 0.573 e. The molecule has 3 N–H and O–H groups in total. The molecule has 1 aliphatic heterocycles. The average molecular weight is 730 g/mol. The van der Waals surface area contributed by atoms with Gasteiger partial charge in [-0.1, -0.05) is 69.6 Å². The first-order chi connectivity index (χ1) is 24.5. The molecule has 2 bridgehead atoms. The van der Waals surface area contributed by atoms with Crippen LogP contribution in [-0.4, -0.2) is 77.8 Å². The number of ketones is 1. The number of carbonyl (C=O) groups is 5. The number of alkyl carbamates (subject to hydrolysis) is 1. The van der Waals surface area contributed by atoms with Crippen molar-refractivity contribution in [1.29, 1.82) is 0 Å². The van der Waals surface area contributed by atoms with Gasteiger partial charge in [-0.05, 0) is 48.4 Å². The molecule has 3 aliphatic rings. The maximum absolute atomic E-state index is 14.5. The first-order valence-electron chi connectivity index (χ1n) is 17.0. The minimum Gasteiger partial charge on any atom is -0.445 e. The van der Waals surface area contributed by atoms with Gasteiger partial charge in [0.15, 0.2) is 5.60 Å². The summed E-state index contributed by atoms with van der Waals surface area (Å²) in [6.45, 7) is 5.71. The molecule has 0 radical (unpaired) electrons. The summed E-state index contributed by atoms with van der Waals surface area (Å²) in [5.41, 5.74) is -0.575. The van der Waals surface area contributed by atoms with Gasteiger partial charge in [0.05, 0.1) is 24.8 Å². The van der Waals surface area contributed by atoms with Gasteiger partial charge in [0, 0.05) is 23.6 Å². The van der Waals surface area contributed by atoms with Gasteiger partial charge in [-0.25, -0.2) is 4.79 Å². The van der Waals surface area contributed by atoms with Crippen molar-refractivity contribution in [2.75, 3.05) is 13.1 Å².